The smallest absolute Gasteiger partial charge is 0.348 e. The van der Waals surface area contributed by atoms with Gasteiger partial charge >= 0.3 is 5.97 Å². The summed E-state index contributed by atoms with van der Waals surface area (Å²) in [7, 11) is 1.53. The standard InChI is InChI=1S/C21H21ClN2O4S/c1-4-13-5-7-14(8-6-13)11-15(22)18-23-19(25)16-12(2)17(29-20(16)24-18)21(26)28-10-9-27-3/h5-8,11H,4,9-10H2,1-3H3,(H,23,24,25)/b15-11-. The number of nitrogens with zero attached hydrogens (tertiary/aromatic N) is 1. The highest BCUT2D eigenvalue weighted by Crippen LogP contribution is 2.29. The van der Waals surface area contributed by atoms with Gasteiger partial charge in [-0.15, -0.1) is 11.3 Å². The fraction of sp³-hybridized carbons (Fsp3) is 0.286. The van der Waals surface area contributed by atoms with Crippen LogP contribution in [-0.4, -0.2) is 36.3 Å². The van der Waals surface area contributed by atoms with Gasteiger partial charge in [0.05, 0.1) is 17.0 Å². The zero-order valence-electron chi connectivity index (χ0n) is 16.4. The van der Waals surface area contributed by atoms with Crippen LogP contribution in [0.5, 0.6) is 0 Å². The number of esters is 1. The van der Waals surface area contributed by atoms with E-state index in [1.807, 2.05) is 24.3 Å². The number of thiophene rings is 1. The summed E-state index contributed by atoms with van der Waals surface area (Å²) in [5, 5.41) is 0.678. The Morgan fingerprint density at radius 2 is 2.00 bits per heavy atom. The third-order valence-electron chi connectivity index (χ3n) is 4.41. The third kappa shape index (κ3) is 4.75. The highest BCUT2D eigenvalue weighted by atomic mass is 35.5. The number of rotatable bonds is 7. The van der Waals surface area contributed by atoms with Crippen LogP contribution in [0.15, 0.2) is 29.1 Å². The summed E-state index contributed by atoms with van der Waals surface area (Å²) in [5.41, 5.74) is 2.33. The van der Waals surface area contributed by atoms with E-state index in [0.29, 0.717) is 32.3 Å². The Hall–Kier alpha value is -2.48. The molecule has 152 valence electrons. The largest absolute Gasteiger partial charge is 0.459 e. The number of fused-ring (bicyclic) bond motifs is 1. The number of H-pyrrole nitrogens is 1. The highest BCUT2D eigenvalue weighted by molar-refractivity contribution is 7.20. The van der Waals surface area contributed by atoms with Crippen LogP contribution < -0.4 is 5.56 Å². The van der Waals surface area contributed by atoms with E-state index in [1.54, 1.807) is 13.0 Å². The Morgan fingerprint density at radius 1 is 1.28 bits per heavy atom. The molecule has 0 fully saturated rings. The van der Waals surface area contributed by atoms with Crippen LogP contribution in [0, 0.1) is 6.92 Å². The topological polar surface area (TPSA) is 81.3 Å². The van der Waals surface area contributed by atoms with Gasteiger partial charge in [-0.2, -0.15) is 0 Å². The van der Waals surface area contributed by atoms with E-state index in [2.05, 4.69) is 16.9 Å². The van der Waals surface area contributed by atoms with Gasteiger partial charge in [-0.1, -0.05) is 42.8 Å². The lowest BCUT2D eigenvalue weighted by molar-refractivity contribution is 0.0393. The molecule has 0 amide bonds. The molecule has 1 aromatic carbocycles. The number of nitrogens with one attached hydrogen (secondary N) is 1. The van der Waals surface area contributed by atoms with Crippen molar-refractivity contribution >= 4 is 50.2 Å². The lowest BCUT2D eigenvalue weighted by Gasteiger charge is -2.02. The molecule has 0 radical (unpaired) electrons. The van der Waals surface area contributed by atoms with Crippen molar-refractivity contribution in [1.82, 2.24) is 9.97 Å². The highest BCUT2D eigenvalue weighted by Gasteiger charge is 2.21. The molecule has 0 atom stereocenters. The lowest BCUT2D eigenvalue weighted by atomic mass is 10.1. The molecule has 0 saturated carbocycles. The molecule has 0 unspecified atom stereocenters. The van der Waals surface area contributed by atoms with Gasteiger partial charge in [0.25, 0.3) is 5.56 Å². The minimum absolute atomic E-state index is 0.142. The molecule has 3 rings (SSSR count). The number of hydrogen-bond donors (Lipinski definition) is 1. The zero-order valence-corrected chi connectivity index (χ0v) is 17.9. The number of benzene rings is 1. The average molecular weight is 433 g/mol. The van der Waals surface area contributed by atoms with Crippen molar-refractivity contribution in [1.29, 1.82) is 0 Å². The van der Waals surface area contributed by atoms with Crippen molar-refractivity contribution in [2.45, 2.75) is 20.3 Å². The second-order valence-corrected chi connectivity index (χ2v) is 7.77. The molecule has 0 aliphatic rings. The van der Waals surface area contributed by atoms with Crippen molar-refractivity contribution in [3.63, 3.8) is 0 Å². The van der Waals surface area contributed by atoms with Crippen molar-refractivity contribution in [3.8, 4) is 0 Å². The van der Waals surface area contributed by atoms with E-state index in [-0.39, 0.29) is 18.0 Å². The average Bonchev–Trinajstić information content (AvgIpc) is 3.05. The summed E-state index contributed by atoms with van der Waals surface area (Å²) in [5.74, 6) is -0.245. The maximum absolute atomic E-state index is 12.6. The van der Waals surface area contributed by atoms with E-state index in [4.69, 9.17) is 21.1 Å². The molecule has 29 heavy (non-hydrogen) atoms. The Balaban J connectivity index is 1.95. The molecular weight excluding hydrogens is 412 g/mol. The van der Waals surface area contributed by atoms with Crippen LogP contribution in [-0.2, 0) is 15.9 Å². The molecule has 6 nitrogen and oxygen atoms in total. The quantitative estimate of drug-likeness (QED) is 0.442. The number of hydrogen-bond acceptors (Lipinski definition) is 6. The van der Waals surface area contributed by atoms with Crippen molar-refractivity contribution < 1.29 is 14.3 Å². The number of aromatic amines is 1. The number of carbonyl (C=O) groups is 1. The molecule has 8 heteroatoms. The van der Waals surface area contributed by atoms with Gasteiger partial charge < -0.3 is 14.5 Å². The lowest BCUT2D eigenvalue weighted by Crippen LogP contribution is -2.11. The van der Waals surface area contributed by atoms with Crippen LogP contribution in [0.2, 0.25) is 0 Å². The Morgan fingerprint density at radius 3 is 2.66 bits per heavy atom. The fourth-order valence-electron chi connectivity index (χ4n) is 2.80. The molecular formula is C21H21ClN2O4S. The molecule has 2 aromatic heterocycles. The van der Waals surface area contributed by atoms with Crippen molar-refractivity contribution in [3.05, 3.63) is 62.0 Å². The first kappa shape index (κ1) is 21.2. The van der Waals surface area contributed by atoms with Gasteiger partial charge in [0.15, 0.2) is 5.82 Å². The summed E-state index contributed by atoms with van der Waals surface area (Å²) in [6, 6.07) is 7.97. The minimum atomic E-state index is -0.499. The van der Waals surface area contributed by atoms with E-state index in [9.17, 15) is 9.59 Å². The Bertz CT molecular complexity index is 1120. The van der Waals surface area contributed by atoms with E-state index < -0.39 is 5.97 Å². The summed E-state index contributed by atoms with van der Waals surface area (Å²) in [6.07, 6.45) is 2.70. The number of aryl methyl sites for hydroxylation is 2. The molecule has 3 aromatic rings. The zero-order chi connectivity index (χ0) is 21.0. The molecule has 2 heterocycles. The van der Waals surface area contributed by atoms with Crippen molar-refractivity contribution in [2.75, 3.05) is 20.3 Å². The molecule has 0 saturated heterocycles. The van der Waals surface area contributed by atoms with Gasteiger partial charge in [-0.3, -0.25) is 4.79 Å². The van der Waals surface area contributed by atoms with E-state index >= 15 is 0 Å². The second-order valence-electron chi connectivity index (χ2n) is 6.37. The summed E-state index contributed by atoms with van der Waals surface area (Å²) in [6.45, 7) is 4.24. The summed E-state index contributed by atoms with van der Waals surface area (Å²) in [4.78, 5) is 32.8. The number of halogens is 1. The summed E-state index contributed by atoms with van der Waals surface area (Å²) < 4.78 is 10.0. The predicted octanol–water partition coefficient (Wildman–Crippen LogP) is 4.40. The van der Waals surface area contributed by atoms with Gasteiger partial charge in [0, 0.05) is 7.11 Å². The predicted molar refractivity (Wildman–Crippen MR) is 117 cm³/mol. The normalized spacial score (nSPS) is 11.8. The van der Waals surface area contributed by atoms with E-state index in [0.717, 1.165) is 23.3 Å². The first-order chi connectivity index (χ1) is 13.9. The van der Waals surface area contributed by atoms with Crippen LogP contribution in [0.1, 0.15) is 39.1 Å². The van der Waals surface area contributed by atoms with Gasteiger partial charge in [0.2, 0.25) is 0 Å². The third-order valence-corrected chi connectivity index (χ3v) is 5.87. The van der Waals surface area contributed by atoms with Gasteiger partial charge in [0.1, 0.15) is 16.3 Å². The maximum Gasteiger partial charge on any atom is 0.348 e. The first-order valence-electron chi connectivity index (χ1n) is 9.10. The molecule has 0 aliphatic heterocycles. The number of carbonyl (C=O) groups excluding carboxylic acids is 1. The summed E-state index contributed by atoms with van der Waals surface area (Å²) >= 11 is 7.52. The Kier molecular flexibility index (Phi) is 6.84. The number of aromatic nitrogens is 2. The Labute approximate surface area is 177 Å². The van der Waals surface area contributed by atoms with Crippen LogP contribution in [0.4, 0.5) is 0 Å². The molecule has 0 bridgehead atoms. The van der Waals surface area contributed by atoms with E-state index in [1.165, 1.54) is 12.7 Å². The second kappa shape index (κ2) is 9.35. The SMILES string of the molecule is CCc1ccc(/C=C(\Cl)c2nc3sc(C(=O)OCCOC)c(C)c3c(=O)[nH]2)cc1. The fourth-order valence-corrected chi connectivity index (χ4v) is 4.09. The molecule has 1 N–H and O–H groups in total. The van der Waals surface area contributed by atoms with Gasteiger partial charge in [-0.25, -0.2) is 9.78 Å². The number of methoxy groups -OCH3 is 1. The van der Waals surface area contributed by atoms with Crippen LogP contribution >= 0.6 is 22.9 Å². The van der Waals surface area contributed by atoms with Crippen LogP contribution in [0.3, 0.4) is 0 Å². The first-order valence-corrected chi connectivity index (χ1v) is 10.3. The monoisotopic (exact) mass is 432 g/mol. The number of ether oxygens (including phenoxy) is 2. The van der Waals surface area contributed by atoms with Crippen LogP contribution in [0.25, 0.3) is 21.3 Å². The van der Waals surface area contributed by atoms with Gasteiger partial charge in [-0.05, 0) is 36.1 Å². The molecule has 0 aliphatic carbocycles. The van der Waals surface area contributed by atoms with Crippen molar-refractivity contribution in [2.24, 2.45) is 0 Å². The minimum Gasteiger partial charge on any atom is -0.459 e. The molecule has 0 spiro atoms. The maximum atomic E-state index is 12.6.